The summed E-state index contributed by atoms with van der Waals surface area (Å²) in [5, 5.41) is 7.87. The van der Waals surface area contributed by atoms with Crippen LogP contribution in [-0.2, 0) is 19.1 Å². The number of hydrogen-bond donors (Lipinski definition) is 2. The highest BCUT2D eigenvalue weighted by Crippen LogP contribution is 2.32. The molecule has 0 aliphatic heterocycles. The summed E-state index contributed by atoms with van der Waals surface area (Å²) in [4.78, 5) is 28.6. The Morgan fingerprint density at radius 1 is 1.05 bits per heavy atom. The SMILES string of the molecule is C[C@@H](CCCn1ccc2cc(-c3ccc(CC(F)(F)F)cn3)cc(F)c2c1=O)Nc1cn[nH]c(=O)c1C(F)(F)F. The molecule has 0 radical (unpaired) electrons. The number of benzene rings is 1. The van der Waals surface area contributed by atoms with Gasteiger partial charge in [-0.15, -0.1) is 0 Å². The van der Waals surface area contributed by atoms with Crippen molar-refractivity contribution in [3.8, 4) is 11.3 Å². The van der Waals surface area contributed by atoms with E-state index >= 15 is 4.39 Å². The predicted octanol–water partition coefficient (Wildman–Crippen LogP) is 5.69. The standard InChI is InChI=1S/C26H22F7N5O2/c1-14(36-20-13-35-37-23(39)22(20)26(31,32)33)3-2-7-38-8-6-16-9-17(10-18(27)21(16)24(38)40)19-5-4-15(12-34-19)11-25(28,29)30/h4-6,8-10,12-14H,2-3,7,11H2,1H3,(H2,36,37,39)/t14-/m0/s1. The Balaban J connectivity index is 1.46. The largest absolute Gasteiger partial charge is 0.423 e. The number of H-pyrrole nitrogens is 1. The first-order valence-electron chi connectivity index (χ1n) is 12.0. The molecule has 0 saturated heterocycles. The van der Waals surface area contributed by atoms with Crippen LogP contribution in [0.4, 0.5) is 36.4 Å². The van der Waals surface area contributed by atoms with Crippen LogP contribution >= 0.6 is 0 Å². The zero-order valence-electron chi connectivity index (χ0n) is 20.8. The van der Waals surface area contributed by atoms with E-state index < -0.39 is 53.0 Å². The van der Waals surface area contributed by atoms with Gasteiger partial charge in [0, 0.05) is 30.5 Å². The van der Waals surface area contributed by atoms with Crippen molar-refractivity contribution in [2.45, 2.75) is 51.1 Å². The highest BCUT2D eigenvalue weighted by atomic mass is 19.4. The van der Waals surface area contributed by atoms with Gasteiger partial charge in [-0.25, -0.2) is 9.49 Å². The maximum absolute atomic E-state index is 15.0. The normalized spacial score (nSPS) is 13.0. The molecule has 212 valence electrons. The molecule has 2 N–H and O–H groups in total. The van der Waals surface area contributed by atoms with Crippen molar-refractivity contribution < 1.29 is 30.7 Å². The summed E-state index contributed by atoms with van der Waals surface area (Å²) < 4.78 is 93.7. The van der Waals surface area contributed by atoms with Crippen LogP contribution in [0.1, 0.15) is 30.9 Å². The zero-order valence-corrected chi connectivity index (χ0v) is 20.8. The fourth-order valence-electron chi connectivity index (χ4n) is 4.32. The quantitative estimate of drug-likeness (QED) is 0.266. The molecule has 0 fully saturated rings. The fraction of sp³-hybridized carbons (Fsp3) is 0.308. The summed E-state index contributed by atoms with van der Waals surface area (Å²) in [6.45, 7) is 1.75. The predicted molar refractivity (Wildman–Crippen MR) is 133 cm³/mol. The summed E-state index contributed by atoms with van der Waals surface area (Å²) in [6.07, 6.45) is -6.37. The van der Waals surface area contributed by atoms with E-state index in [1.807, 2.05) is 0 Å². The van der Waals surface area contributed by atoms with Gasteiger partial charge in [-0.1, -0.05) is 6.07 Å². The molecule has 0 aliphatic carbocycles. The number of anilines is 1. The molecular weight excluding hydrogens is 547 g/mol. The lowest BCUT2D eigenvalue weighted by molar-refractivity contribution is -0.138. The van der Waals surface area contributed by atoms with E-state index in [9.17, 15) is 35.9 Å². The van der Waals surface area contributed by atoms with Gasteiger partial charge in [-0.3, -0.25) is 14.6 Å². The van der Waals surface area contributed by atoms with Crippen molar-refractivity contribution >= 4 is 16.5 Å². The van der Waals surface area contributed by atoms with Crippen LogP contribution in [0.25, 0.3) is 22.0 Å². The van der Waals surface area contributed by atoms with Gasteiger partial charge in [0.25, 0.3) is 11.1 Å². The van der Waals surface area contributed by atoms with Crippen LogP contribution in [0.3, 0.4) is 0 Å². The van der Waals surface area contributed by atoms with Crippen molar-refractivity contribution in [1.29, 1.82) is 0 Å². The molecule has 0 aliphatic rings. The zero-order chi connectivity index (χ0) is 29.2. The summed E-state index contributed by atoms with van der Waals surface area (Å²) in [6, 6.07) is 6.19. The van der Waals surface area contributed by atoms with E-state index in [1.165, 1.54) is 35.0 Å². The average molecular weight is 569 g/mol. The molecule has 0 spiro atoms. The molecule has 4 rings (SSSR count). The lowest BCUT2D eigenvalue weighted by Gasteiger charge is -2.18. The van der Waals surface area contributed by atoms with Crippen LogP contribution in [0.2, 0.25) is 0 Å². The highest BCUT2D eigenvalue weighted by molar-refractivity contribution is 5.86. The maximum Gasteiger partial charge on any atom is 0.423 e. The Kier molecular flexibility index (Phi) is 7.98. The lowest BCUT2D eigenvalue weighted by atomic mass is 10.0. The van der Waals surface area contributed by atoms with Gasteiger partial charge in [0.05, 0.1) is 29.4 Å². The van der Waals surface area contributed by atoms with Crippen molar-refractivity contribution in [1.82, 2.24) is 19.7 Å². The first-order chi connectivity index (χ1) is 18.7. The minimum absolute atomic E-state index is 0.0418. The van der Waals surface area contributed by atoms with E-state index in [1.54, 1.807) is 12.0 Å². The second-order valence-corrected chi connectivity index (χ2v) is 9.25. The number of aryl methyl sites for hydroxylation is 1. The number of pyridine rings is 2. The lowest BCUT2D eigenvalue weighted by Crippen LogP contribution is -2.27. The molecule has 0 saturated carbocycles. The number of alkyl halides is 6. The summed E-state index contributed by atoms with van der Waals surface area (Å²) in [5.74, 6) is -0.829. The molecule has 7 nitrogen and oxygen atoms in total. The molecule has 0 amide bonds. The van der Waals surface area contributed by atoms with Gasteiger partial charge in [-0.05, 0) is 55.0 Å². The van der Waals surface area contributed by atoms with E-state index in [-0.39, 0.29) is 34.1 Å². The van der Waals surface area contributed by atoms with Gasteiger partial charge in [0.1, 0.15) is 11.4 Å². The monoisotopic (exact) mass is 569 g/mol. The molecule has 3 aromatic heterocycles. The van der Waals surface area contributed by atoms with E-state index in [0.29, 0.717) is 12.8 Å². The molecule has 3 heterocycles. The van der Waals surface area contributed by atoms with Crippen LogP contribution < -0.4 is 16.4 Å². The first-order valence-corrected chi connectivity index (χ1v) is 12.0. The Labute approximate surface area is 221 Å². The summed E-state index contributed by atoms with van der Waals surface area (Å²) in [5.41, 5.74) is -3.36. The molecule has 0 bridgehead atoms. The van der Waals surface area contributed by atoms with Crippen LogP contribution in [0, 0.1) is 5.82 Å². The third kappa shape index (κ3) is 6.66. The highest BCUT2D eigenvalue weighted by Gasteiger charge is 2.37. The van der Waals surface area contributed by atoms with Crippen molar-refractivity contribution in [3.63, 3.8) is 0 Å². The molecule has 0 unspecified atom stereocenters. The number of aromatic nitrogens is 4. The van der Waals surface area contributed by atoms with Gasteiger partial charge < -0.3 is 9.88 Å². The van der Waals surface area contributed by atoms with Gasteiger partial charge >= 0.3 is 12.4 Å². The molecule has 14 heteroatoms. The number of nitrogens with one attached hydrogen (secondary N) is 2. The minimum atomic E-state index is -4.88. The summed E-state index contributed by atoms with van der Waals surface area (Å²) in [7, 11) is 0. The molecular formula is C26H22F7N5O2. The molecule has 1 aromatic carbocycles. The van der Waals surface area contributed by atoms with E-state index in [4.69, 9.17) is 0 Å². The molecule has 1 atom stereocenters. The fourth-order valence-corrected chi connectivity index (χ4v) is 4.32. The molecule has 40 heavy (non-hydrogen) atoms. The van der Waals surface area contributed by atoms with Crippen LogP contribution in [-0.4, -0.2) is 32.0 Å². The Hall–Kier alpha value is -4.23. The topological polar surface area (TPSA) is 92.7 Å². The number of aromatic amines is 1. The number of rotatable bonds is 8. The Morgan fingerprint density at radius 2 is 1.80 bits per heavy atom. The van der Waals surface area contributed by atoms with Gasteiger partial charge in [0.15, 0.2) is 0 Å². The van der Waals surface area contributed by atoms with Gasteiger partial charge in [-0.2, -0.15) is 31.4 Å². The van der Waals surface area contributed by atoms with Gasteiger partial charge in [0.2, 0.25) is 0 Å². The maximum atomic E-state index is 15.0. The van der Waals surface area contributed by atoms with E-state index in [0.717, 1.165) is 18.5 Å². The third-order valence-corrected chi connectivity index (χ3v) is 6.13. The Morgan fingerprint density at radius 3 is 2.45 bits per heavy atom. The van der Waals surface area contributed by atoms with Crippen molar-refractivity contribution in [2.24, 2.45) is 0 Å². The minimum Gasteiger partial charge on any atom is -0.381 e. The van der Waals surface area contributed by atoms with Crippen LogP contribution in [0.15, 0.2) is 58.5 Å². The third-order valence-electron chi connectivity index (χ3n) is 6.13. The number of hydrogen-bond acceptors (Lipinski definition) is 5. The number of fused-ring (bicyclic) bond motifs is 1. The molecule has 4 aromatic rings. The second-order valence-electron chi connectivity index (χ2n) is 9.25. The van der Waals surface area contributed by atoms with Crippen LogP contribution in [0.5, 0.6) is 0 Å². The van der Waals surface area contributed by atoms with Crippen molar-refractivity contribution in [3.05, 3.63) is 86.6 Å². The summed E-state index contributed by atoms with van der Waals surface area (Å²) >= 11 is 0. The first kappa shape index (κ1) is 28.8. The smallest absolute Gasteiger partial charge is 0.381 e. The second kappa shape index (κ2) is 11.1. The average Bonchev–Trinajstić information content (AvgIpc) is 2.84. The Bertz CT molecular complexity index is 1630. The number of halogens is 7. The van der Waals surface area contributed by atoms with E-state index in [2.05, 4.69) is 15.4 Å². The van der Waals surface area contributed by atoms with Crippen molar-refractivity contribution in [2.75, 3.05) is 5.32 Å². The number of nitrogens with zero attached hydrogens (tertiary/aromatic N) is 3.